The first-order chi connectivity index (χ1) is 16.4. The lowest BCUT2D eigenvalue weighted by atomic mass is 10.1. The molecule has 0 saturated carbocycles. The fourth-order valence-corrected chi connectivity index (χ4v) is 4.30. The van der Waals surface area contributed by atoms with Crippen molar-refractivity contribution in [2.75, 3.05) is 0 Å². The highest BCUT2D eigenvalue weighted by Crippen LogP contribution is 2.30. The summed E-state index contributed by atoms with van der Waals surface area (Å²) in [4.78, 5) is 18.5. The number of nitrogens with one attached hydrogen (secondary N) is 1. The largest absolute Gasteiger partial charge is 0.340 e. The van der Waals surface area contributed by atoms with Gasteiger partial charge in [-0.05, 0) is 49.2 Å². The third-order valence-electron chi connectivity index (χ3n) is 6.07. The number of aryl methyl sites for hydroxylation is 1. The number of aromatic amines is 1. The molecular weight excluding hydrogens is 426 g/mol. The number of imidazole rings is 1. The molecule has 5 aromatic rings. The van der Waals surface area contributed by atoms with Crippen molar-refractivity contribution in [3.05, 3.63) is 105 Å². The van der Waals surface area contributed by atoms with Crippen molar-refractivity contribution in [2.45, 2.75) is 20.4 Å². The number of nitrogens with zero attached hydrogens (tertiary/aromatic N) is 4. The molecule has 34 heavy (non-hydrogen) atoms. The smallest absolute Gasteiger partial charge is 0.269 e. The van der Waals surface area contributed by atoms with E-state index in [2.05, 4.69) is 20.6 Å². The van der Waals surface area contributed by atoms with Gasteiger partial charge in [0.15, 0.2) is 0 Å². The highest BCUT2D eigenvalue weighted by atomic mass is 16.6. The first-order valence-electron chi connectivity index (χ1n) is 10.8. The molecular formula is C27H21N5O2. The molecule has 0 bridgehead atoms. The van der Waals surface area contributed by atoms with Crippen LogP contribution < -0.4 is 0 Å². The molecule has 7 heteroatoms. The van der Waals surface area contributed by atoms with Crippen molar-refractivity contribution in [3.8, 4) is 6.07 Å². The number of para-hydroxylation sites is 1. The van der Waals surface area contributed by atoms with Crippen molar-refractivity contribution in [2.24, 2.45) is 0 Å². The van der Waals surface area contributed by atoms with Gasteiger partial charge >= 0.3 is 0 Å². The van der Waals surface area contributed by atoms with E-state index in [9.17, 15) is 15.4 Å². The molecule has 2 heterocycles. The normalized spacial score (nSPS) is 11.7. The lowest BCUT2D eigenvalue weighted by Gasteiger charge is -2.09. The number of non-ortho nitro benzene ring substituents is 1. The lowest BCUT2D eigenvalue weighted by molar-refractivity contribution is -0.384. The number of nitriles is 1. The molecule has 0 fully saturated rings. The fraction of sp³-hybridized carbons (Fsp3) is 0.111. The summed E-state index contributed by atoms with van der Waals surface area (Å²) in [5.41, 5.74) is 7.30. The minimum absolute atomic E-state index is 0.0705. The standard InChI is InChI=1S/C27H21N5O2/c1-17-7-12-24-25(13-17)30-27(29-24)20(15-28)14-23-18(2)31(26-6-4-3-5-22(23)26)16-19-8-10-21(11-9-19)32(33)34/h3-14H,16H2,1-2H3,(H,29,30)/b20-14-. The summed E-state index contributed by atoms with van der Waals surface area (Å²) in [7, 11) is 0. The van der Waals surface area contributed by atoms with Crippen molar-refractivity contribution >= 4 is 39.3 Å². The van der Waals surface area contributed by atoms with Crippen LogP contribution >= 0.6 is 0 Å². The molecule has 2 aromatic heterocycles. The number of benzene rings is 3. The Hall–Kier alpha value is -4.70. The number of allylic oxidation sites excluding steroid dienone is 1. The van der Waals surface area contributed by atoms with Gasteiger partial charge < -0.3 is 9.55 Å². The van der Waals surface area contributed by atoms with Crippen LogP contribution in [0.15, 0.2) is 66.7 Å². The summed E-state index contributed by atoms with van der Waals surface area (Å²) in [5.74, 6) is 0.537. The van der Waals surface area contributed by atoms with Gasteiger partial charge in [0.2, 0.25) is 0 Å². The Morgan fingerprint density at radius 1 is 1.15 bits per heavy atom. The summed E-state index contributed by atoms with van der Waals surface area (Å²) in [6.45, 7) is 4.60. The molecule has 3 aromatic carbocycles. The zero-order valence-corrected chi connectivity index (χ0v) is 18.7. The van der Waals surface area contributed by atoms with Crippen LogP contribution in [-0.2, 0) is 6.54 Å². The lowest BCUT2D eigenvalue weighted by Crippen LogP contribution is -2.02. The van der Waals surface area contributed by atoms with E-state index in [0.717, 1.165) is 44.3 Å². The molecule has 7 nitrogen and oxygen atoms in total. The number of H-pyrrole nitrogens is 1. The molecule has 0 radical (unpaired) electrons. The van der Waals surface area contributed by atoms with Gasteiger partial charge in [-0.2, -0.15) is 5.26 Å². The van der Waals surface area contributed by atoms with E-state index in [1.54, 1.807) is 12.1 Å². The summed E-state index contributed by atoms with van der Waals surface area (Å²) < 4.78 is 2.17. The van der Waals surface area contributed by atoms with E-state index in [0.29, 0.717) is 17.9 Å². The quantitative estimate of drug-likeness (QED) is 0.198. The average Bonchev–Trinajstić information content (AvgIpc) is 3.36. The van der Waals surface area contributed by atoms with Gasteiger partial charge in [-0.25, -0.2) is 4.98 Å². The van der Waals surface area contributed by atoms with Crippen LogP contribution in [-0.4, -0.2) is 19.5 Å². The molecule has 0 saturated heterocycles. The predicted octanol–water partition coefficient (Wildman–Crippen LogP) is 6.16. The van der Waals surface area contributed by atoms with E-state index in [1.807, 2.05) is 62.4 Å². The second kappa shape index (κ2) is 8.34. The Morgan fingerprint density at radius 2 is 1.91 bits per heavy atom. The van der Waals surface area contributed by atoms with Crippen molar-refractivity contribution < 1.29 is 4.92 Å². The molecule has 166 valence electrons. The number of nitro groups is 1. The van der Waals surface area contributed by atoms with E-state index in [-0.39, 0.29) is 5.69 Å². The van der Waals surface area contributed by atoms with E-state index in [4.69, 9.17) is 0 Å². The number of fused-ring (bicyclic) bond motifs is 2. The van der Waals surface area contributed by atoms with E-state index in [1.165, 1.54) is 12.1 Å². The van der Waals surface area contributed by atoms with E-state index >= 15 is 0 Å². The SMILES string of the molecule is Cc1ccc2nc(/C(C#N)=C\c3c(C)n(Cc4ccc([N+](=O)[O-])cc4)c4ccccc34)[nH]c2c1. The first-order valence-corrected chi connectivity index (χ1v) is 10.8. The van der Waals surface area contributed by atoms with Crippen molar-refractivity contribution in [3.63, 3.8) is 0 Å². The van der Waals surface area contributed by atoms with Crippen LogP contribution in [0.1, 0.15) is 28.2 Å². The zero-order valence-electron chi connectivity index (χ0n) is 18.7. The Labute approximate surface area is 195 Å². The van der Waals surface area contributed by atoms with Gasteiger partial charge in [-0.1, -0.05) is 36.4 Å². The third-order valence-corrected chi connectivity index (χ3v) is 6.07. The summed E-state index contributed by atoms with van der Waals surface area (Å²) in [5, 5.41) is 22.0. The van der Waals surface area contributed by atoms with Crippen LogP contribution in [0.3, 0.4) is 0 Å². The van der Waals surface area contributed by atoms with Crippen molar-refractivity contribution in [1.29, 1.82) is 5.26 Å². The molecule has 1 N–H and O–H groups in total. The second-order valence-electron chi connectivity index (χ2n) is 8.30. The van der Waals surface area contributed by atoms with Crippen LogP contribution in [0.5, 0.6) is 0 Å². The molecule has 0 aliphatic heterocycles. The summed E-state index contributed by atoms with van der Waals surface area (Å²) >= 11 is 0. The number of aromatic nitrogens is 3. The second-order valence-corrected chi connectivity index (χ2v) is 8.30. The van der Waals surface area contributed by atoms with Gasteiger partial charge in [-0.3, -0.25) is 10.1 Å². The van der Waals surface area contributed by atoms with Crippen molar-refractivity contribution in [1.82, 2.24) is 14.5 Å². The third kappa shape index (κ3) is 3.71. The molecule has 0 aliphatic rings. The maximum Gasteiger partial charge on any atom is 0.269 e. The van der Waals surface area contributed by atoms with Gasteiger partial charge in [0.1, 0.15) is 11.9 Å². The monoisotopic (exact) mass is 447 g/mol. The molecule has 0 spiro atoms. The average molecular weight is 447 g/mol. The van der Waals surface area contributed by atoms with Crippen LogP contribution in [0.2, 0.25) is 0 Å². The maximum absolute atomic E-state index is 11.0. The predicted molar refractivity (Wildman–Crippen MR) is 133 cm³/mol. The van der Waals surface area contributed by atoms with Crippen LogP contribution in [0, 0.1) is 35.3 Å². The van der Waals surface area contributed by atoms with Crippen LogP contribution in [0.25, 0.3) is 33.6 Å². The van der Waals surface area contributed by atoms with Gasteiger partial charge in [0.25, 0.3) is 5.69 Å². The topological polar surface area (TPSA) is 101 Å². The Balaban J connectivity index is 1.60. The molecule has 5 rings (SSSR count). The van der Waals surface area contributed by atoms with Gasteiger partial charge in [0.05, 0.1) is 21.5 Å². The fourth-order valence-electron chi connectivity index (χ4n) is 4.30. The Morgan fingerprint density at radius 3 is 2.65 bits per heavy atom. The number of rotatable bonds is 5. The van der Waals surface area contributed by atoms with E-state index < -0.39 is 4.92 Å². The molecule has 0 amide bonds. The zero-order chi connectivity index (χ0) is 23.8. The minimum Gasteiger partial charge on any atom is -0.340 e. The highest BCUT2D eigenvalue weighted by Gasteiger charge is 2.16. The molecule has 0 unspecified atom stereocenters. The first kappa shape index (κ1) is 21.2. The number of hydrogen-bond acceptors (Lipinski definition) is 4. The Kier molecular flexibility index (Phi) is 5.19. The van der Waals surface area contributed by atoms with Crippen LogP contribution in [0.4, 0.5) is 5.69 Å². The van der Waals surface area contributed by atoms with Gasteiger partial charge in [-0.15, -0.1) is 0 Å². The minimum atomic E-state index is -0.397. The summed E-state index contributed by atoms with van der Waals surface area (Å²) in [6, 6.07) is 22.9. The number of nitro benzene ring substituents is 1. The maximum atomic E-state index is 11.0. The summed E-state index contributed by atoms with van der Waals surface area (Å²) in [6.07, 6.45) is 1.88. The Bertz CT molecular complexity index is 1630. The number of hydrogen-bond donors (Lipinski definition) is 1. The highest BCUT2D eigenvalue weighted by molar-refractivity contribution is 5.99. The molecule has 0 aliphatic carbocycles. The molecule has 0 atom stereocenters. The van der Waals surface area contributed by atoms with Gasteiger partial charge in [0, 0.05) is 40.8 Å².